The lowest BCUT2D eigenvalue weighted by Crippen LogP contribution is -2.31. The molecule has 6 heteroatoms. The second kappa shape index (κ2) is 6.16. The molecule has 0 radical (unpaired) electrons. The fourth-order valence-electron chi connectivity index (χ4n) is 2.01. The topological polar surface area (TPSA) is 50.5 Å². The van der Waals surface area contributed by atoms with Gasteiger partial charge in [-0.1, -0.05) is 18.2 Å². The van der Waals surface area contributed by atoms with Crippen LogP contribution in [0.3, 0.4) is 0 Å². The van der Waals surface area contributed by atoms with Crippen LogP contribution in [0.5, 0.6) is 0 Å². The van der Waals surface area contributed by atoms with E-state index < -0.39 is 10.0 Å². The fraction of sp³-hybridized carbons (Fsp3) is 0.429. The molecule has 0 saturated heterocycles. The molecule has 0 aliphatic carbocycles. The van der Waals surface area contributed by atoms with Crippen molar-refractivity contribution in [3.8, 4) is 0 Å². The van der Waals surface area contributed by atoms with Gasteiger partial charge in [0.25, 0.3) is 0 Å². The van der Waals surface area contributed by atoms with Crippen LogP contribution in [-0.2, 0) is 10.0 Å². The fourth-order valence-corrected chi connectivity index (χ4v) is 3.68. The summed E-state index contributed by atoms with van der Waals surface area (Å²) in [5.41, 5.74) is 0.765. The molecule has 0 saturated carbocycles. The maximum atomic E-state index is 12.1. The van der Waals surface area contributed by atoms with Crippen LogP contribution in [0.4, 0.5) is 0 Å². The smallest absolute Gasteiger partial charge is 0.214 e. The molecule has 0 bridgehead atoms. The van der Waals surface area contributed by atoms with E-state index in [4.69, 9.17) is 16.0 Å². The SMILES string of the molecule is CC(c1cc2ccccc2o1)N(C)S(=O)(=O)CCCCl. The molecule has 2 aromatic rings. The molecule has 0 aliphatic heterocycles. The standard InChI is InChI=1S/C14H18ClNO3S/c1-11(16(2)20(17,18)9-5-8-15)14-10-12-6-3-4-7-13(12)19-14/h3-4,6-7,10-11H,5,8-9H2,1-2H3. The van der Waals surface area contributed by atoms with Gasteiger partial charge in [-0.15, -0.1) is 11.6 Å². The van der Waals surface area contributed by atoms with E-state index in [0.29, 0.717) is 18.1 Å². The van der Waals surface area contributed by atoms with Gasteiger partial charge >= 0.3 is 0 Å². The highest BCUT2D eigenvalue weighted by Crippen LogP contribution is 2.28. The number of fused-ring (bicyclic) bond motifs is 1. The first-order chi connectivity index (χ1) is 9.45. The quantitative estimate of drug-likeness (QED) is 0.768. The molecule has 0 N–H and O–H groups in total. The number of sulfonamides is 1. The van der Waals surface area contributed by atoms with Gasteiger partial charge in [-0.05, 0) is 25.5 Å². The molecule has 20 heavy (non-hydrogen) atoms. The summed E-state index contributed by atoms with van der Waals surface area (Å²) in [5.74, 6) is 1.03. The van der Waals surface area contributed by atoms with Gasteiger partial charge in [0.05, 0.1) is 11.8 Å². The summed E-state index contributed by atoms with van der Waals surface area (Å²) >= 11 is 5.56. The van der Waals surface area contributed by atoms with Gasteiger partial charge in [-0.2, -0.15) is 4.31 Å². The maximum absolute atomic E-state index is 12.1. The summed E-state index contributed by atoms with van der Waals surface area (Å²) in [7, 11) is -1.75. The molecular formula is C14H18ClNO3S. The number of alkyl halides is 1. The summed E-state index contributed by atoms with van der Waals surface area (Å²) in [6.45, 7) is 1.82. The van der Waals surface area contributed by atoms with Crippen LogP contribution >= 0.6 is 11.6 Å². The van der Waals surface area contributed by atoms with Crippen LogP contribution in [0.15, 0.2) is 34.7 Å². The average molecular weight is 316 g/mol. The van der Waals surface area contributed by atoms with Crippen molar-refractivity contribution >= 4 is 32.6 Å². The van der Waals surface area contributed by atoms with Crippen LogP contribution in [-0.4, -0.2) is 31.4 Å². The van der Waals surface area contributed by atoms with E-state index in [0.717, 1.165) is 11.0 Å². The van der Waals surface area contributed by atoms with E-state index in [1.807, 2.05) is 37.3 Å². The number of hydrogen-bond donors (Lipinski definition) is 0. The monoisotopic (exact) mass is 315 g/mol. The molecule has 0 aliphatic rings. The minimum atomic E-state index is -3.32. The van der Waals surface area contributed by atoms with E-state index in [1.54, 1.807) is 7.05 Å². The molecule has 2 rings (SSSR count). The first-order valence-corrected chi connectivity index (χ1v) is 8.60. The van der Waals surface area contributed by atoms with Crippen LogP contribution in [0.25, 0.3) is 11.0 Å². The van der Waals surface area contributed by atoms with Crippen molar-refractivity contribution in [2.24, 2.45) is 0 Å². The number of rotatable bonds is 6. The normalized spacial score (nSPS) is 14.0. The molecule has 0 spiro atoms. The molecule has 110 valence electrons. The van der Waals surface area contributed by atoms with Crippen molar-refractivity contribution in [3.05, 3.63) is 36.1 Å². The summed E-state index contributed by atoms with van der Waals surface area (Å²) < 4.78 is 31.4. The number of para-hydroxylation sites is 1. The van der Waals surface area contributed by atoms with Gasteiger partial charge in [0, 0.05) is 18.3 Å². The van der Waals surface area contributed by atoms with Gasteiger partial charge in [0.15, 0.2) is 0 Å². The van der Waals surface area contributed by atoms with E-state index in [1.165, 1.54) is 4.31 Å². The lowest BCUT2D eigenvalue weighted by Gasteiger charge is -2.22. The number of nitrogens with zero attached hydrogens (tertiary/aromatic N) is 1. The Morgan fingerprint density at radius 3 is 2.70 bits per heavy atom. The van der Waals surface area contributed by atoms with E-state index in [-0.39, 0.29) is 11.8 Å². The van der Waals surface area contributed by atoms with E-state index >= 15 is 0 Å². The minimum Gasteiger partial charge on any atom is -0.459 e. The highest BCUT2D eigenvalue weighted by Gasteiger charge is 2.26. The Hall–Kier alpha value is -1.04. The van der Waals surface area contributed by atoms with Gasteiger partial charge < -0.3 is 4.42 Å². The summed E-state index contributed by atoms with van der Waals surface area (Å²) in [4.78, 5) is 0. The minimum absolute atomic E-state index is 0.0531. The lowest BCUT2D eigenvalue weighted by molar-refractivity contribution is 0.348. The Labute approximate surface area is 124 Å². The van der Waals surface area contributed by atoms with Crippen molar-refractivity contribution in [1.82, 2.24) is 4.31 Å². The zero-order valence-corrected chi connectivity index (χ0v) is 13.1. The Morgan fingerprint density at radius 2 is 2.05 bits per heavy atom. The third-order valence-corrected chi connectivity index (χ3v) is 5.64. The molecule has 0 fully saturated rings. The number of hydrogen-bond acceptors (Lipinski definition) is 3. The first kappa shape index (κ1) is 15.4. The predicted molar refractivity (Wildman–Crippen MR) is 81.5 cm³/mol. The number of benzene rings is 1. The summed E-state index contributed by atoms with van der Waals surface area (Å²) in [6.07, 6.45) is 0.446. The van der Waals surface area contributed by atoms with Crippen molar-refractivity contribution < 1.29 is 12.8 Å². The molecular weight excluding hydrogens is 298 g/mol. The van der Waals surface area contributed by atoms with Gasteiger partial charge in [-0.3, -0.25) is 0 Å². The third kappa shape index (κ3) is 3.16. The van der Waals surface area contributed by atoms with E-state index in [9.17, 15) is 8.42 Å². The Kier molecular flexibility index (Phi) is 4.73. The molecule has 1 aromatic heterocycles. The highest BCUT2D eigenvalue weighted by atomic mass is 35.5. The molecule has 1 aromatic carbocycles. The zero-order valence-electron chi connectivity index (χ0n) is 11.5. The van der Waals surface area contributed by atoms with Crippen molar-refractivity contribution in [2.75, 3.05) is 18.7 Å². The Balaban J connectivity index is 2.23. The Morgan fingerprint density at radius 1 is 1.35 bits per heavy atom. The molecule has 0 amide bonds. The molecule has 1 heterocycles. The maximum Gasteiger partial charge on any atom is 0.214 e. The molecule has 1 atom stereocenters. The van der Waals surface area contributed by atoms with Crippen molar-refractivity contribution in [2.45, 2.75) is 19.4 Å². The van der Waals surface area contributed by atoms with Gasteiger partial charge in [0.1, 0.15) is 11.3 Å². The second-order valence-corrected chi connectivity index (χ2v) is 7.26. The van der Waals surface area contributed by atoms with Crippen molar-refractivity contribution in [3.63, 3.8) is 0 Å². The second-order valence-electron chi connectivity index (χ2n) is 4.74. The lowest BCUT2D eigenvalue weighted by atomic mass is 10.2. The highest BCUT2D eigenvalue weighted by molar-refractivity contribution is 7.89. The average Bonchev–Trinajstić information content (AvgIpc) is 2.87. The molecule has 4 nitrogen and oxygen atoms in total. The molecule has 1 unspecified atom stereocenters. The number of halogens is 1. The van der Waals surface area contributed by atoms with Gasteiger partial charge in [-0.25, -0.2) is 8.42 Å². The largest absolute Gasteiger partial charge is 0.459 e. The van der Waals surface area contributed by atoms with Crippen LogP contribution in [0.1, 0.15) is 25.1 Å². The summed E-state index contributed by atoms with van der Waals surface area (Å²) in [6, 6.07) is 9.16. The first-order valence-electron chi connectivity index (χ1n) is 6.46. The van der Waals surface area contributed by atoms with Crippen molar-refractivity contribution in [1.29, 1.82) is 0 Å². The zero-order chi connectivity index (χ0) is 14.8. The predicted octanol–water partition coefficient (Wildman–Crippen LogP) is 3.38. The van der Waals surface area contributed by atoms with Crippen LogP contribution < -0.4 is 0 Å². The Bertz CT molecular complexity index is 648. The van der Waals surface area contributed by atoms with Crippen LogP contribution in [0, 0.1) is 0 Å². The summed E-state index contributed by atoms with van der Waals surface area (Å²) in [5, 5.41) is 0.973. The van der Waals surface area contributed by atoms with Crippen LogP contribution in [0.2, 0.25) is 0 Å². The number of furan rings is 1. The van der Waals surface area contributed by atoms with E-state index in [2.05, 4.69) is 0 Å². The van der Waals surface area contributed by atoms with Gasteiger partial charge in [0.2, 0.25) is 10.0 Å². The third-order valence-electron chi connectivity index (χ3n) is 3.38.